The summed E-state index contributed by atoms with van der Waals surface area (Å²) in [7, 11) is 0. The van der Waals surface area contributed by atoms with Crippen molar-refractivity contribution in [2.75, 3.05) is 0 Å². The van der Waals surface area contributed by atoms with Crippen LogP contribution in [0.5, 0.6) is 0 Å². The van der Waals surface area contributed by atoms with E-state index >= 15 is 0 Å². The van der Waals surface area contributed by atoms with E-state index < -0.39 is 18.3 Å². The van der Waals surface area contributed by atoms with Crippen molar-refractivity contribution in [1.82, 2.24) is 5.43 Å². The van der Waals surface area contributed by atoms with Gasteiger partial charge in [0.15, 0.2) is 0 Å². The van der Waals surface area contributed by atoms with Crippen LogP contribution in [0.25, 0.3) is 0 Å². The second-order valence-electron chi connectivity index (χ2n) is 5.18. The van der Waals surface area contributed by atoms with Gasteiger partial charge >= 0.3 is 6.18 Å². The molecule has 0 saturated heterocycles. The number of fused-ring (bicyclic) bond motifs is 1. The largest absolute Gasteiger partial charge is 0.438 e. The first-order chi connectivity index (χ1) is 9.23. The molecule has 0 bridgehead atoms. The molecule has 3 heterocycles. The Morgan fingerprint density at radius 3 is 2.70 bits per heavy atom. The van der Waals surface area contributed by atoms with Gasteiger partial charge in [0.05, 0.1) is 16.7 Å². The topological polar surface area (TPSA) is 44.6 Å². The van der Waals surface area contributed by atoms with Crippen molar-refractivity contribution in [2.45, 2.75) is 36.8 Å². The highest BCUT2D eigenvalue weighted by Crippen LogP contribution is 2.55. The third-order valence-corrected chi connectivity index (χ3v) is 6.71. The minimum atomic E-state index is -4.74. The van der Waals surface area contributed by atoms with Gasteiger partial charge in [0.2, 0.25) is 0 Å². The van der Waals surface area contributed by atoms with Gasteiger partial charge in [-0.15, -0.1) is 23.5 Å². The van der Waals surface area contributed by atoms with Crippen molar-refractivity contribution in [3.05, 3.63) is 21.5 Å². The maximum atomic E-state index is 12.8. The van der Waals surface area contributed by atoms with Crippen LogP contribution in [0, 0.1) is 5.92 Å². The number of halogens is 3. The number of hydrazone groups is 1. The normalized spacial score (nSPS) is 36.9. The summed E-state index contributed by atoms with van der Waals surface area (Å²) in [6, 6.07) is 0. The van der Waals surface area contributed by atoms with Crippen molar-refractivity contribution in [3.63, 3.8) is 0 Å². The Hall–Kier alpha value is -0.600. The number of alkyl halides is 3. The van der Waals surface area contributed by atoms with Crippen LogP contribution in [-0.2, 0) is 0 Å². The van der Waals surface area contributed by atoms with Crippen LogP contribution in [0.2, 0.25) is 0 Å². The predicted molar refractivity (Wildman–Crippen MR) is 75.1 cm³/mol. The highest BCUT2D eigenvalue weighted by molar-refractivity contribution is 8.20. The quantitative estimate of drug-likeness (QED) is 0.778. The van der Waals surface area contributed by atoms with E-state index in [-0.39, 0.29) is 10.5 Å². The molecule has 8 heteroatoms. The summed E-state index contributed by atoms with van der Waals surface area (Å²) in [5.41, 5.74) is 1.49. The lowest BCUT2D eigenvalue weighted by Crippen LogP contribution is -2.52. The fourth-order valence-electron chi connectivity index (χ4n) is 2.60. The van der Waals surface area contributed by atoms with Crippen molar-refractivity contribution >= 4 is 29.2 Å². The first-order valence-electron chi connectivity index (χ1n) is 6.06. The molecule has 3 aliphatic rings. The number of hydrogen-bond donors (Lipinski definition) is 2. The Morgan fingerprint density at radius 2 is 2.15 bits per heavy atom. The number of nitrogens with one attached hydrogen (secondary N) is 1. The van der Waals surface area contributed by atoms with E-state index in [9.17, 15) is 18.3 Å². The Kier molecular flexibility index (Phi) is 3.19. The fourth-order valence-corrected chi connectivity index (χ4v) is 5.71. The van der Waals surface area contributed by atoms with Crippen LogP contribution in [0.1, 0.15) is 20.3 Å². The minimum Gasteiger partial charge on any atom is -0.362 e. The molecule has 110 valence electrons. The molecule has 0 amide bonds. The van der Waals surface area contributed by atoms with Crippen LogP contribution in [0.15, 0.2) is 26.6 Å². The van der Waals surface area contributed by atoms with E-state index in [4.69, 9.17) is 0 Å². The number of nitrogens with zero attached hydrogens (tertiary/aromatic N) is 1. The van der Waals surface area contributed by atoms with Crippen molar-refractivity contribution in [3.8, 4) is 0 Å². The average Bonchev–Trinajstić information content (AvgIpc) is 2.97. The summed E-state index contributed by atoms with van der Waals surface area (Å²) in [6.07, 6.45) is -5.28. The fraction of sp³-hybridized carbons (Fsp3) is 0.583. The molecule has 2 N–H and O–H groups in total. The maximum absolute atomic E-state index is 12.8. The number of thioether (sulfide) groups is 2. The van der Waals surface area contributed by atoms with Crippen molar-refractivity contribution in [2.24, 2.45) is 11.0 Å². The minimum absolute atomic E-state index is 0.266. The zero-order chi connectivity index (χ0) is 14.7. The lowest BCUT2D eigenvalue weighted by molar-refractivity contribution is -0.266. The summed E-state index contributed by atoms with van der Waals surface area (Å²) < 4.78 is 38.6. The molecular formula is C12H13F3N2OS2. The SMILES string of the molecule is CC1=CS[C@H]2SC(C3=NN[C@@](O)(C(F)(F)F)C3)=C(C)[C@@H]12. The van der Waals surface area contributed by atoms with Gasteiger partial charge in [-0.05, 0) is 24.8 Å². The van der Waals surface area contributed by atoms with Crippen molar-refractivity contribution < 1.29 is 18.3 Å². The van der Waals surface area contributed by atoms with E-state index in [1.165, 1.54) is 5.57 Å². The second kappa shape index (κ2) is 4.45. The monoisotopic (exact) mass is 322 g/mol. The zero-order valence-electron chi connectivity index (χ0n) is 10.8. The molecule has 3 rings (SSSR count). The van der Waals surface area contributed by atoms with Gasteiger partial charge in [-0.25, -0.2) is 0 Å². The van der Waals surface area contributed by atoms with E-state index in [2.05, 4.69) is 10.5 Å². The maximum Gasteiger partial charge on any atom is 0.438 e. The van der Waals surface area contributed by atoms with Gasteiger partial charge in [-0.3, -0.25) is 5.43 Å². The molecular weight excluding hydrogens is 309 g/mol. The molecule has 0 saturated carbocycles. The highest BCUT2D eigenvalue weighted by atomic mass is 32.2. The van der Waals surface area contributed by atoms with Gasteiger partial charge in [-0.2, -0.15) is 18.3 Å². The zero-order valence-corrected chi connectivity index (χ0v) is 12.4. The van der Waals surface area contributed by atoms with Crippen molar-refractivity contribution in [1.29, 1.82) is 0 Å². The van der Waals surface area contributed by atoms with Crippen LogP contribution < -0.4 is 5.43 Å². The molecule has 0 spiro atoms. The van der Waals surface area contributed by atoms with Crippen LogP contribution in [0.3, 0.4) is 0 Å². The van der Waals surface area contributed by atoms with E-state index in [1.807, 2.05) is 19.3 Å². The Labute approximate surface area is 122 Å². The molecule has 3 atom stereocenters. The van der Waals surface area contributed by atoms with Gasteiger partial charge in [0.25, 0.3) is 5.72 Å². The standard InChI is InChI=1S/C12H13F3N2OS2/c1-5-4-19-10-8(5)6(2)9(20-10)7-3-11(18,17-16-7)12(13,14)15/h4,8,10,17-18H,3H2,1-2H3/t8-,10+,11+/m1/s1. The smallest absolute Gasteiger partial charge is 0.362 e. The van der Waals surface area contributed by atoms with Gasteiger partial charge in [0, 0.05) is 10.8 Å². The molecule has 0 fully saturated rings. The molecule has 0 aromatic heterocycles. The molecule has 3 nitrogen and oxygen atoms in total. The number of allylic oxidation sites excluding steroid dienone is 3. The molecule has 0 radical (unpaired) electrons. The Morgan fingerprint density at radius 1 is 1.45 bits per heavy atom. The molecule has 0 aromatic rings. The van der Waals surface area contributed by atoms with Crippen LogP contribution in [0.4, 0.5) is 13.2 Å². The van der Waals surface area contributed by atoms with E-state index in [1.54, 1.807) is 23.5 Å². The summed E-state index contributed by atoms with van der Waals surface area (Å²) in [5.74, 6) is 0.266. The molecule has 0 aromatic carbocycles. The highest BCUT2D eigenvalue weighted by Gasteiger charge is 2.58. The average molecular weight is 322 g/mol. The molecule has 3 aliphatic heterocycles. The second-order valence-corrected chi connectivity index (χ2v) is 7.65. The number of rotatable bonds is 1. The third-order valence-electron chi connectivity index (χ3n) is 3.74. The summed E-state index contributed by atoms with van der Waals surface area (Å²) in [4.78, 5) is 0.785. The van der Waals surface area contributed by atoms with Gasteiger partial charge < -0.3 is 5.11 Å². The summed E-state index contributed by atoms with van der Waals surface area (Å²) in [5, 5.41) is 15.4. The summed E-state index contributed by atoms with van der Waals surface area (Å²) >= 11 is 3.23. The van der Waals surface area contributed by atoms with E-state index in [0.717, 1.165) is 10.5 Å². The number of hydrogen-bond acceptors (Lipinski definition) is 5. The van der Waals surface area contributed by atoms with Crippen LogP contribution in [-0.4, -0.2) is 27.3 Å². The summed E-state index contributed by atoms with van der Waals surface area (Å²) in [6.45, 7) is 3.97. The Balaban J connectivity index is 1.85. The van der Waals surface area contributed by atoms with Crippen LogP contribution >= 0.6 is 23.5 Å². The van der Waals surface area contributed by atoms with Gasteiger partial charge in [-0.1, -0.05) is 5.57 Å². The lowest BCUT2D eigenvalue weighted by Gasteiger charge is -2.24. The molecule has 20 heavy (non-hydrogen) atoms. The first-order valence-corrected chi connectivity index (χ1v) is 7.88. The predicted octanol–water partition coefficient (Wildman–Crippen LogP) is 3.20. The third kappa shape index (κ3) is 2.00. The first kappa shape index (κ1) is 14.3. The molecule has 0 aliphatic carbocycles. The lowest BCUT2D eigenvalue weighted by atomic mass is 9.94. The van der Waals surface area contributed by atoms with Gasteiger partial charge in [0.1, 0.15) is 0 Å². The molecule has 0 unspecified atom stereocenters. The van der Waals surface area contributed by atoms with E-state index in [0.29, 0.717) is 5.71 Å². The Bertz CT molecular complexity index is 555. The number of aliphatic hydroxyl groups is 1.